The van der Waals surface area contributed by atoms with E-state index in [9.17, 15) is 9.59 Å². The molecule has 0 spiro atoms. The number of rotatable bonds is 8. The number of hydrogen-bond donors (Lipinski definition) is 1. The molecule has 4 heteroatoms. The number of anilines is 1. The van der Waals surface area contributed by atoms with E-state index >= 15 is 0 Å². The van der Waals surface area contributed by atoms with Crippen LogP contribution in [0.2, 0.25) is 0 Å². The average molecular weight is 372 g/mol. The van der Waals surface area contributed by atoms with Crippen molar-refractivity contribution in [2.45, 2.75) is 13.5 Å². The Bertz CT molecular complexity index is 906. The molecule has 0 aliphatic heterocycles. The van der Waals surface area contributed by atoms with Crippen LogP contribution in [0.5, 0.6) is 0 Å². The Kier molecular flexibility index (Phi) is 6.58. The summed E-state index contributed by atoms with van der Waals surface area (Å²) in [6, 6.07) is 26.7. The Morgan fingerprint density at radius 1 is 0.786 bits per heavy atom. The Labute approximate surface area is 165 Å². The molecule has 0 saturated heterocycles. The molecule has 0 aliphatic rings. The number of nitrogens with zero attached hydrogens (tertiary/aromatic N) is 1. The fourth-order valence-electron chi connectivity index (χ4n) is 3.00. The Morgan fingerprint density at radius 3 is 2.00 bits per heavy atom. The molecule has 28 heavy (non-hydrogen) atoms. The summed E-state index contributed by atoms with van der Waals surface area (Å²) in [7, 11) is 0. The number of para-hydroxylation sites is 1. The zero-order valence-corrected chi connectivity index (χ0v) is 16.0. The zero-order valence-electron chi connectivity index (χ0n) is 16.0. The van der Waals surface area contributed by atoms with Crippen molar-refractivity contribution < 1.29 is 9.59 Å². The maximum absolute atomic E-state index is 12.3. The normalized spacial score (nSPS) is 10.3. The summed E-state index contributed by atoms with van der Waals surface area (Å²) in [5.41, 5.74) is 3.44. The van der Waals surface area contributed by atoms with E-state index in [1.807, 2.05) is 48.5 Å². The van der Waals surface area contributed by atoms with Crippen LogP contribution in [0.1, 0.15) is 33.2 Å². The smallest absolute Gasteiger partial charge is 0.251 e. The van der Waals surface area contributed by atoms with Crippen LogP contribution in [-0.2, 0) is 6.54 Å². The summed E-state index contributed by atoms with van der Waals surface area (Å²) in [6.07, 6.45) is 0. The highest BCUT2D eigenvalue weighted by Gasteiger charge is 2.10. The molecule has 3 rings (SSSR count). The van der Waals surface area contributed by atoms with E-state index in [2.05, 4.69) is 29.3 Å². The third-order valence-corrected chi connectivity index (χ3v) is 4.60. The van der Waals surface area contributed by atoms with E-state index in [1.165, 1.54) is 5.69 Å². The van der Waals surface area contributed by atoms with Gasteiger partial charge in [0.25, 0.3) is 5.91 Å². The SMILES string of the molecule is CCN(Cc1ccc(C(=O)NCC(=O)c2ccccc2)cc1)c1ccccc1. The summed E-state index contributed by atoms with van der Waals surface area (Å²) < 4.78 is 0. The average Bonchev–Trinajstić information content (AvgIpc) is 2.77. The Balaban J connectivity index is 1.57. The van der Waals surface area contributed by atoms with Gasteiger partial charge >= 0.3 is 0 Å². The van der Waals surface area contributed by atoms with E-state index in [0.717, 1.165) is 18.7 Å². The first kappa shape index (κ1) is 19.4. The van der Waals surface area contributed by atoms with Gasteiger partial charge in [-0.15, -0.1) is 0 Å². The van der Waals surface area contributed by atoms with E-state index < -0.39 is 0 Å². The van der Waals surface area contributed by atoms with E-state index in [-0.39, 0.29) is 18.2 Å². The van der Waals surface area contributed by atoms with Crippen LogP contribution < -0.4 is 10.2 Å². The largest absolute Gasteiger partial charge is 0.367 e. The minimum absolute atomic E-state index is 0.0117. The monoisotopic (exact) mass is 372 g/mol. The van der Waals surface area contributed by atoms with Gasteiger partial charge in [0, 0.05) is 29.9 Å². The van der Waals surface area contributed by atoms with Crippen LogP contribution in [0.25, 0.3) is 0 Å². The van der Waals surface area contributed by atoms with E-state index in [0.29, 0.717) is 11.1 Å². The van der Waals surface area contributed by atoms with E-state index in [1.54, 1.807) is 24.3 Å². The summed E-state index contributed by atoms with van der Waals surface area (Å²) in [5.74, 6) is -0.349. The lowest BCUT2D eigenvalue weighted by Crippen LogP contribution is -2.29. The van der Waals surface area contributed by atoms with Crippen LogP contribution >= 0.6 is 0 Å². The highest BCUT2D eigenvalue weighted by molar-refractivity contribution is 6.02. The molecule has 142 valence electrons. The standard InChI is InChI=1S/C24H24N2O2/c1-2-26(22-11-7-4-8-12-22)18-19-13-15-21(16-14-19)24(28)25-17-23(27)20-9-5-3-6-10-20/h3-16H,2,17-18H2,1H3,(H,25,28). The van der Waals surface area contributed by atoms with Crippen molar-refractivity contribution >= 4 is 17.4 Å². The minimum Gasteiger partial charge on any atom is -0.367 e. The second-order valence-electron chi connectivity index (χ2n) is 6.52. The molecule has 0 saturated carbocycles. The van der Waals surface area contributed by atoms with Crippen molar-refractivity contribution in [2.75, 3.05) is 18.0 Å². The van der Waals surface area contributed by atoms with E-state index in [4.69, 9.17) is 0 Å². The maximum Gasteiger partial charge on any atom is 0.251 e. The Hall–Kier alpha value is -3.40. The third kappa shape index (κ3) is 5.07. The molecular weight excluding hydrogens is 348 g/mol. The summed E-state index contributed by atoms with van der Waals surface area (Å²) in [6.45, 7) is 3.78. The van der Waals surface area contributed by atoms with Crippen LogP contribution in [-0.4, -0.2) is 24.8 Å². The summed E-state index contributed by atoms with van der Waals surface area (Å²) >= 11 is 0. The number of ketones is 1. The molecule has 0 atom stereocenters. The molecule has 3 aromatic carbocycles. The van der Waals surface area contributed by atoms with Crippen molar-refractivity contribution in [3.8, 4) is 0 Å². The fraction of sp³-hybridized carbons (Fsp3) is 0.167. The second kappa shape index (κ2) is 9.51. The van der Waals surface area contributed by atoms with Crippen LogP contribution in [0, 0.1) is 0 Å². The maximum atomic E-state index is 12.3. The zero-order chi connectivity index (χ0) is 19.8. The quantitative estimate of drug-likeness (QED) is 0.599. The van der Waals surface area contributed by atoms with Crippen molar-refractivity contribution in [3.63, 3.8) is 0 Å². The molecule has 0 fully saturated rings. The molecular formula is C24H24N2O2. The van der Waals surface area contributed by atoms with Crippen molar-refractivity contribution in [3.05, 3.63) is 102 Å². The molecule has 0 aromatic heterocycles. The minimum atomic E-state index is -0.244. The van der Waals surface area contributed by atoms with Crippen LogP contribution in [0.15, 0.2) is 84.9 Å². The second-order valence-corrected chi connectivity index (χ2v) is 6.52. The predicted molar refractivity (Wildman–Crippen MR) is 113 cm³/mol. The molecule has 1 amide bonds. The van der Waals surface area contributed by atoms with Gasteiger partial charge in [-0.25, -0.2) is 0 Å². The molecule has 1 N–H and O–H groups in total. The molecule has 4 nitrogen and oxygen atoms in total. The van der Waals surface area contributed by atoms with Gasteiger partial charge in [0.2, 0.25) is 0 Å². The lowest BCUT2D eigenvalue weighted by Gasteiger charge is -2.23. The third-order valence-electron chi connectivity index (χ3n) is 4.60. The van der Waals surface area contributed by atoms with Crippen molar-refractivity contribution in [1.29, 1.82) is 0 Å². The topological polar surface area (TPSA) is 49.4 Å². The van der Waals surface area contributed by atoms with Gasteiger partial charge < -0.3 is 10.2 Å². The van der Waals surface area contributed by atoms with Gasteiger partial charge in [-0.1, -0.05) is 60.7 Å². The van der Waals surface area contributed by atoms with Gasteiger partial charge in [0.1, 0.15) is 0 Å². The van der Waals surface area contributed by atoms with Gasteiger partial charge in [-0.05, 0) is 36.8 Å². The first-order valence-electron chi connectivity index (χ1n) is 9.42. The number of hydrogen-bond acceptors (Lipinski definition) is 3. The predicted octanol–water partition coefficient (Wildman–Crippen LogP) is 4.33. The van der Waals surface area contributed by atoms with Gasteiger partial charge in [-0.3, -0.25) is 9.59 Å². The summed E-state index contributed by atoms with van der Waals surface area (Å²) in [5, 5.41) is 2.70. The fourth-order valence-corrected chi connectivity index (χ4v) is 3.00. The molecule has 0 bridgehead atoms. The number of benzene rings is 3. The molecule has 0 aliphatic carbocycles. The van der Waals surface area contributed by atoms with Gasteiger partial charge in [-0.2, -0.15) is 0 Å². The highest BCUT2D eigenvalue weighted by atomic mass is 16.2. The number of nitrogens with one attached hydrogen (secondary N) is 1. The summed E-state index contributed by atoms with van der Waals surface area (Å²) in [4.78, 5) is 26.7. The lowest BCUT2D eigenvalue weighted by molar-refractivity contribution is 0.0904. The number of carbonyl (C=O) groups is 2. The van der Waals surface area contributed by atoms with Crippen molar-refractivity contribution in [2.24, 2.45) is 0 Å². The number of amides is 1. The first-order chi connectivity index (χ1) is 13.7. The highest BCUT2D eigenvalue weighted by Crippen LogP contribution is 2.16. The Morgan fingerprint density at radius 2 is 1.39 bits per heavy atom. The van der Waals surface area contributed by atoms with Crippen LogP contribution in [0.4, 0.5) is 5.69 Å². The van der Waals surface area contributed by atoms with Crippen LogP contribution in [0.3, 0.4) is 0 Å². The lowest BCUT2D eigenvalue weighted by atomic mass is 10.1. The number of Topliss-reactive ketones (excluding diaryl/α,β-unsaturated/α-hetero) is 1. The number of carbonyl (C=O) groups excluding carboxylic acids is 2. The molecule has 0 unspecified atom stereocenters. The van der Waals surface area contributed by atoms with Crippen molar-refractivity contribution in [1.82, 2.24) is 5.32 Å². The molecule has 0 radical (unpaired) electrons. The van der Waals surface area contributed by atoms with Gasteiger partial charge in [0.15, 0.2) is 5.78 Å². The molecule has 3 aromatic rings. The van der Waals surface area contributed by atoms with Gasteiger partial charge in [0.05, 0.1) is 6.54 Å². The molecule has 0 heterocycles. The first-order valence-corrected chi connectivity index (χ1v) is 9.42.